The van der Waals surface area contributed by atoms with E-state index in [2.05, 4.69) is 10.1 Å². The molecule has 0 bridgehead atoms. The molecule has 2 unspecified atom stereocenters. The lowest BCUT2D eigenvalue weighted by Gasteiger charge is -2.31. The van der Waals surface area contributed by atoms with E-state index in [9.17, 15) is 4.79 Å². The van der Waals surface area contributed by atoms with Crippen LogP contribution in [0.3, 0.4) is 0 Å². The van der Waals surface area contributed by atoms with Gasteiger partial charge in [0.2, 0.25) is 0 Å². The molecular formula is C17H17Cl2N3O2. The molecule has 0 saturated heterocycles. The number of carbonyl (C=O) groups excluding carboxylic acids is 1. The molecule has 126 valence electrons. The van der Waals surface area contributed by atoms with Crippen molar-refractivity contribution in [3.8, 4) is 0 Å². The first kappa shape index (κ1) is 17.0. The van der Waals surface area contributed by atoms with Crippen molar-refractivity contribution in [2.75, 3.05) is 0 Å². The summed E-state index contributed by atoms with van der Waals surface area (Å²) in [6.45, 7) is 5.44. The van der Waals surface area contributed by atoms with Gasteiger partial charge in [0, 0.05) is 11.8 Å². The Balaban J connectivity index is 2.16. The van der Waals surface area contributed by atoms with Crippen LogP contribution in [-0.2, 0) is 9.53 Å². The molecule has 0 saturated carbocycles. The summed E-state index contributed by atoms with van der Waals surface area (Å²) in [7, 11) is 0. The molecule has 0 amide bonds. The number of carbonyl (C=O) groups is 1. The average molecular weight is 366 g/mol. The lowest BCUT2D eigenvalue weighted by molar-refractivity contribution is -0.151. The third-order valence-electron chi connectivity index (χ3n) is 3.88. The highest BCUT2D eigenvalue weighted by Crippen LogP contribution is 2.41. The Hall–Kier alpha value is -1.85. The number of fused-ring (bicyclic) bond motifs is 1. The minimum absolute atomic E-state index is 0.222. The minimum Gasteiger partial charge on any atom is -0.462 e. The molecule has 0 fully saturated rings. The summed E-state index contributed by atoms with van der Waals surface area (Å²) in [5.41, 5.74) is 1.38. The van der Waals surface area contributed by atoms with Gasteiger partial charge in [-0.3, -0.25) is 4.79 Å². The fourth-order valence-corrected chi connectivity index (χ4v) is 3.31. The second kappa shape index (κ2) is 6.57. The number of hydrogen-bond acceptors (Lipinski definition) is 4. The molecule has 1 aromatic heterocycles. The molecule has 24 heavy (non-hydrogen) atoms. The van der Waals surface area contributed by atoms with Gasteiger partial charge in [0.25, 0.3) is 0 Å². The number of ether oxygens (including phenoxy) is 1. The third-order valence-corrected chi connectivity index (χ3v) is 4.71. The van der Waals surface area contributed by atoms with Crippen LogP contribution < -0.4 is 0 Å². The lowest BCUT2D eigenvalue weighted by atomic mass is 9.88. The van der Waals surface area contributed by atoms with Crippen LogP contribution in [0.2, 0.25) is 10.0 Å². The van der Waals surface area contributed by atoms with E-state index in [1.807, 2.05) is 26.8 Å². The molecule has 0 aliphatic carbocycles. The Morgan fingerprint density at radius 1 is 1.29 bits per heavy atom. The van der Waals surface area contributed by atoms with Crippen LogP contribution in [0, 0.1) is 5.92 Å². The third kappa shape index (κ3) is 2.94. The molecular weight excluding hydrogens is 349 g/mol. The largest absolute Gasteiger partial charge is 0.462 e. The van der Waals surface area contributed by atoms with Gasteiger partial charge in [0.15, 0.2) is 5.82 Å². The molecule has 0 spiro atoms. The smallest absolute Gasteiger partial charge is 0.317 e. The van der Waals surface area contributed by atoms with E-state index in [0.29, 0.717) is 27.1 Å². The van der Waals surface area contributed by atoms with E-state index in [4.69, 9.17) is 27.9 Å². The van der Waals surface area contributed by atoms with Crippen LogP contribution in [0.25, 0.3) is 0 Å². The summed E-state index contributed by atoms with van der Waals surface area (Å²) in [6.07, 6.45) is 1.42. The molecule has 7 heteroatoms. The lowest BCUT2D eigenvalue weighted by Crippen LogP contribution is -2.37. The number of esters is 1. The van der Waals surface area contributed by atoms with Crippen molar-refractivity contribution in [2.45, 2.75) is 32.9 Å². The Labute approximate surface area is 150 Å². The maximum Gasteiger partial charge on any atom is 0.317 e. The molecule has 1 aromatic carbocycles. The van der Waals surface area contributed by atoms with Crippen molar-refractivity contribution >= 4 is 40.7 Å². The van der Waals surface area contributed by atoms with Crippen LogP contribution in [0.15, 0.2) is 35.5 Å². The van der Waals surface area contributed by atoms with E-state index in [1.54, 1.807) is 29.1 Å². The van der Waals surface area contributed by atoms with Gasteiger partial charge in [-0.1, -0.05) is 35.3 Å². The number of hydrogen-bond donors (Lipinski definition) is 0. The Morgan fingerprint density at radius 2 is 2.04 bits per heavy atom. The van der Waals surface area contributed by atoms with Crippen LogP contribution in [0.1, 0.15) is 32.4 Å². The number of nitrogens with zero attached hydrogens (tertiary/aromatic N) is 3. The second-order valence-corrected chi connectivity index (χ2v) is 6.72. The SMILES string of the molecule is CC1=Nc2ccnn2C(c2cccc(Cl)c2Cl)C1C(=O)OC(C)C. The molecule has 2 aromatic rings. The van der Waals surface area contributed by atoms with Gasteiger partial charge in [-0.2, -0.15) is 5.10 Å². The van der Waals surface area contributed by atoms with Crippen molar-refractivity contribution in [1.82, 2.24) is 9.78 Å². The predicted octanol–water partition coefficient (Wildman–Crippen LogP) is 4.45. The predicted molar refractivity (Wildman–Crippen MR) is 94.3 cm³/mol. The molecule has 5 nitrogen and oxygen atoms in total. The zero-order valence-corrected chi connectivity index (χ0v) is 15.0. The molecule has 0 radical (unpaired) electrons. The van der Waals surface area contributed by atoms with Crippen molar-refractivity contribution in [1.29, 1.82) is 0 Å². The number of rotatable bonds is 3. The highest BCUT2D eigenvalue weighted by Gasteiger charge is 2.40. The van der Waals surface area contributed by atoms with E-state index < -0.39 is 12.0 Å². The fourth-order valence-electron chi connectivity index (χ4n) is 2.90. The van der Waals surface area contributed by atoms with Crippen LogP contribution in [0.5, 0.6) is 0 Å². The van der Waals surface area contributed by atoms with Gasteiger partial charge < -0.3 is 4.74 Å². The maximum atomic E-state index is 12.7. The van der Waals surface area contributed by atoms with E-state index in [1.165, 1.54) is 0 Å². The average Bonchev–Trinajstić information content (AvgIpc) is 2.96. The Kier molecular flexibility index (Phi) is 4.65. The molecule has 1 aliphatic heterocycles. The monoisotopic (exact) mass is 365 g/mol. The van der Waals surface area contributed by atoms with E-state index >= 15 is 0 Å². The first-order valence-electron chi connectivity index (χ1n) is 7.63. The summed E-state index contributed by atoms with van der Waals surface area (Å²) in [4.78, 5) is 17.2. The van der Waals surface area contributed by atoms with Crippen LogP contribution in [-0.4, -0.2) is 27.6 Å². The zero-order valence-electron chi connectivity index (χ0n) is 13.5. The molecule has 2 atom stereocenters. The first-order chi connectivity index (χ1) is 11.4. The van der Waals surface area contributed by atoms with Gasteiger partial charge in [0.1, 0.15) is 5.92 Å². The number of aliphatic imine (C=N–C) groups is 1. The summed E-state index contributed by atoms with van der Waals surface area (Å²) in [5, 5.41) is 5.17. The highest BCUT2D eigenvalue weighted by atomic mass is 35.5. The summed E-state index contributed by atoms with van der Waals surface area (Å²) in [6, 6.07) is 6.70. The normalized spacial score (nSPS) is 19.8. The van der Waals surface area contributed by atoms with Crippen molar-refractivity contribution in [3.63, 3.8) is 0 Å². The maximum absolute atomic E-state index is 12.7. The molecule has 0 N–H and O–H groups in total. The number of aromatic nitrogens is 2. The van der Waals surface area contributed by atoms with Gasteiger partial charge >= 0.3 is 5.97 Å². The van der Waals surface area contributed by atoms with Gasteiger partial charge in [0.05, 0.1) is 28.4 Å². The zero-order chi connectivity index (χ0) is 17.4. The van der Waals surface area contributed by atoms with Crippen molar-refractivity contribution in [3.05, 3.63) is 46.1 Å². The van der Waals surface area contributed by atoms with Crippen molar-refractivity contribution < 1.29 is 9.53 Å². The van der Waals surface area contributed by atoms with Gasteiger partial charge in [-0.15, -0.1) is 0 Å². The number of benzene rings is 1. The molecule has 3 rings (SSSR count). The van der Waals surface area contributed by atoms with Gasteiger partial charge in [-0.25, -0.2) is 9.67 Å². The second-order valence-electron chi connectivity index (χ2n) is 5.94. The minimum atomic E-state index is -0.615. The fraction of sp³-hybridized carbons (Fsp3) is 0.353. The van der Waals surface area contributed by atoms with E-state index in [-0.39, 0.29) is 12.1 Å². The van der Waals surface area contributed by atoms with Crippen LogP contribution in [0.4, 0.5) is 5.82 Å². The van der Waals surface area contributed by atoms with E-state index in [0.717, 1.165) is 0 Å². The van der Waals surface area contributed by atoms with Gasteiger partial charge in [-0.05, 0) is 32.4 Å². The first-order valence-corrected chi connectivity index (χ1v) is 8.39. The Morgan fingerprint density at radius 3 is 2.75 bits per heavy atom. The quantitative estimate of drug-likeness (QED) is 0.754. The molecule has 1 aliphatic rings. The van der Waals surface area contributed by atoms with Crippen molar-refractivity contribution in [2.24, 2.45) is 10.9 Å². The summed E-state index contributed by atoms with van der Waals surface area (Å²) >= 11 is 12.6. The topological polar surface area (TPSA) is 56.5 Å². The Bertz CT molecular complexity index is 814. The van der Waals surface area contributed by atoms with Crippen LogP contribution >= 0.6 is 23.2 Å². The standard InChI is InChI=1S/C17H17Cl2N3O2/c1-9(2)24-17(23)14-10(3)21-13-7-8-20-22(13)16(14)11-5-4-6-12(18)15(11)19/h4-9,14,16H,1-3H3. The number of halogens is 2. The highest BCUT2D eigenvalue weighted by molar-refractivity contribution is 6.42. The summed E-state index contributed by atoms with van der Waals surface area (Å²) in [5.74, 6) is -0.300. The molecule has 2 heterocycles. The summed E-state index contributed by atoms with van der Waals surface area (Å²) < 4.78 is 7.13.